The molecule has 4 nitrogen and oxygen atoms in total. The first-order valence-corrected chi connectivity index (χ1v) is 8.07. The topological polar surface area (TPSA) is 54.5 Å². The average Bonchev–Trinajstić information content (AvgIpc) is 2.42. The van der Waals surface area contributed by atoms with Crippen LogP contribution in [0.15, 0.2) is 0 Å². The molecule has 2 aliphatic rings. The third-order valence-corrected chi connectivity index (χ3v) is 6.40. The van der Waals surface area contributed by atoms with Crippen molar-refractivity contribution in [2.24, 2.45) is 0 Å². The molecule has 0 spiro atoms. The zero-order valence-corrected chi connectivity index (χ0v) is 11.6. The highest BCUT2D eigenvalue weighted by atomic mass is 32.2. The van der Waals surface area contributed by atoms with E-state index >= 15 is 0 Å². The standard InChI is InChI=1S/C12H21NO3S/c1-12(2,17(3,15)16)8-13-9-4-5-10(13)7-11(14)6-9/h9-10H,4-8H2,1-3H3. The van der Waals surface area contributed by atoms with E-state index in [1.165, 1.54) is 6.26 Å². The number of ketones is 1. The van der Waals surface area contributed by atoms with Gasteiger partial charge in [0.15, 0.2) is 9.84 Å². The first-order chi connectivity index (χ1) is 7.71. The smallest absolute Gasteiger partial charge is 0.153 e. The molecule has 5 heteroatoms. The van der Waals surface area contributed by atoms with Gasteiger partial charge in [-0.2, -0.15) is 0 Å². The molecule has 2 unspecified atom stereocenters. The van der Waals surface area contributed by atoms with E-state index in [1.54, 1.807) is 13.8 Å². The Bertz CT molecular complexity index is 411. The van der Waals surface area contributed by atoms with Crippen LogP contribution in [0.2, 0.25) is 0 Å². The zero-order valence-electron chi connectivity index (χ0n) is 10.8. The molecule has 2 aliphatic heterocycles. The fourth-order valence-corrected chi connectivity index (χ4v) is 3.26. The Kier molecular flexibility index (Phi) is 3.11. The average molecular weight is 259 g/mol. The van der Waals surface area contributed by atoms with Crippen molar-refractivity contribution < 1.29 is 13.2 Å². The number of piperidine rings is 1. The molecule has 0 N–H and O–H groups in total. The van der Waals surface area contributed by atoms with Crippen LogP contribution in [0.25, 0.3) is 0 Å². The van der Waals surface area contributed by atoms with Gasteiger partial charge in [0.05, 0.1) is 4.75 Å². The summed E-state index contributed by atoms with van der Waals surface area (Å²) >= 11 is 0. The van der Waals surface area contributed by atoms with Gasteiger partial charge in [-0.1, -0.05) is 0 Å². The lowest BCUT2D eigenvalue weighted by Gasteiger charge is -2.38. The van der Waals surface area contributed by atoms with E-state index in [0.29, 0.717) is 25.2 Å². The molecule has 98 valence electrons. The highest BCUT2D eigenvalue weighted by molar-refractivity contribution is 7.92. The molecular weight excluding hydrogens is 238 g/mol. The number of hydrogen-bond donors (Lipinski definition) is 0. The van der Waals surface area contributed by atoms with E-state index in [1.807, 2.05) is 0 Å². The van der Waals surface area contributed by atoms with E-state index in [9.17, 15) is 13.2 Å². The van der Waals surface area contributed by atoms with Crippen LogP contribution in [0.1, 0.15) is 39.5 Å². The van der Waals surface area contributed by atoms with Gasteiger partial charge in [0.25, 0.3) is 0 Å². The van der Waals surface area contributed by atoms with Gasteiger partial charge in [0.1, 0.15) is 5.78 Å². The highest BCUT2D eigenvalue weighted by Gasteiger charge is 2.44. The van der Waals surface area contributed by atoms with E-state index in [2.05, 4.69) is 4.90 Å². The molecule has 0 aromatic rings. The zero-order chi connectivity index (χ0) is 12.8. The second-order valence-electron chi connectivity index (χ2n) is 6.04. The Morgan fingerprint density at radius 3 is 2.12 bits per heavy atom. The van der Waals surface area contributed by atoms with Crippen LogP contribution >= 0.6 is 0 Å². The molecule has 0 aromatic heterocycles. The van der Waals surface area contributed by atoms with Crippen molar-refractivity contribution in [3.63, 3.8) is 0 Å². The van der Waals surface area contributed by atoms with Crippen molar-refractivity contribution in [1.29, 1.82) is 0 Å². The molecule has 0 saturated carbocycles. The van der Waals surface area contributed by atoms with E-state index in [0.717, 1.165) is 12.8 Å². The van der Waals surface area contributed by atoms with Crippen molar-refractivity contribution >= 4 is 15.6 Å². The van der Waals surface area contributed by atoms with Gasteiger partial charge in [-0.3, -0.25) is 9.69 Å². The minimum absolute atomic E-state index is 0.280. The lowest BCUT2D eigenvalue weighted by Crippen LogP contribution is -2.51. The van der Waals surface area contributed by atoms with Crippen LogP contribution in [0.3, 0.4) is 0 Å². The van der Waals surface area contributed by atoms with Crippen LogP contribution in [-0.2, 0) is 14.6 Å². The van der Waals surface area contributed by atoms with Crippen LogP contribution in [0.4, 0.5) is 0 Å². The summed E-state index contributed by atoms with van der Waals surface area (Å²) in [6.07, 6.45) is 4.59. The summed E-state index contributed by atoms with van der Waals surface area (Å²) in [5.41, 5.74) is 0. The number of Topliss-reactive ketones (excluding diaryl/α,β-unsaturated/α-hetero) is 1. The molecule has 0 aliphatic carbocycles. The maximum Gasteiger partial charge on any atom is 0.153 e. The van der Waals surface area contributed by atoms with Gasteiger partial charge in [0, 0.05) is 37.7 Å². The van der Waals surface area contributed by atoms with Gasteiger partial charge in [-0.25, -0.2) is 8.42 Å². The van der Waals surface area contributed by atoms with Gasteiger partial charge in [-0.15, -0.1) is 0 Å². The summed E-state index contributed by atoms with van der Waals surface area (Å²) in [4.78, 5) is 13.7. The normalized spacial score (nSPS) is 30.9. The monoisotopic (exact) mass is 259 g/mol. The number of sulfone groups is 1. The molecule has 2 atom stereocenters. The molecule has 2 saturated heterocycles. The lowest BCUT2D eigenvalue weighted by atomic mass is 10.00. The molecular formula is C12H21NO3S. The summed E-state index contributed by atoms with van der Waals surface area (Å²) in [7, 11) is -3.06. The Morgan fingerprint density at radius 1 is 1.24 bits per heavy atom. The van der Waals surface area contributed by atoms with Gasteiger partial charge >= 0.3 is 0 Å². The molecule has 2 fully saturated rings. The summed E-state index contributed by atoms with van der Waals surface area (Å²) in [6, 6.07) is 0.560. The minimum Gasteiger partial charge on any atom is -0.300 e. The summed E-state index contributed by atoms with van der Waals surface area (Å²) in [6.45, 7) is 4.10. The second-order valence-corrected chi connectivity index (χ2v) is 8.69. The Morgan fingerprint density at radius 2 is 1.71 bits per heavy atom. The van der Waals surface area contributed by atoms with Crippen molar-refractivity contribution in [3.8, 4) is 0 Å². The van der Waals surface area contributed by atoms with Gasteiger partial charge in [0.2, 0.25) is 0 Å². The number of rotatable bonds is 3. The molecule has 2 heterocycles. The summed E-state index contributed by atoms with van der Waals surface area (Å²) in [5, 5.41) is 0. The number of nitrogens with zero attached hydrogens (tertiary/aromatic N) is 1. The van der Waals surface area contributed by atoms with Crippen LogP contribution in [0, 0.1) is 0 Å². The summed E-state index contributed by atoms with van der Waals surface area (Å²) < 4.78 is 22.7. The van der Waals surface area contributed by atoms with E-state index in [4.69, 9.17) is 0 Å². The first kappa shape index (κ1) is 13.0. The van der Waals surface area contributed by atoms with E-state index in [-0.39, 0.29) is 12.1 Å². The SMILES string of the molecule is CC(C)(CN1C2CCC1CC(=O)C2)S(C)(=O)=O. The van der Waals surface area contributed by atoms with Crippen LogP contribution in [0.5, 0.6) is 0 Å². The Hall–Kier alpha value is -0.420. The third kappa shape index (κ3) is 2.40. The second kappa shape index (κ2) is 4.05. The predicted octanol–water partition coefficient (Wildman–Crippen LogP) is 1.01. The van der Waals surface area contributed by atoms with Crippen LogP contribution in [-0.4, -0.2) is 48.7 Å². The molecule has 0 amide bonds. The fraction of sp³-hybridized carbons (Fsp3) is 0.917. The molecule has 0 radical (unpaired) electrons. The predicted molar refractivity (Wildman–Crippen MR) is 66.7 cm³/mol. The van der Waals surface area contributed by atoms with Gasteiger partial charge < -0.3 is 0 Å². The van der Waals surface area contributed by atoms with Crippen molar-refractivity contribution in [2.75, 3.05) is 12.8 Å². The molecule has 0 aromatic carbocycles. The Labute approximate surface area is 103 Å². The molecule has 2 rings (SSSR count). The maximum absolute atomic E-state index is 11.7. The summed E-state index contributed by atoms with van der Waals surface area (Å²) in [5.74, 6) is 0.339. The fourth-order valence-electron chi connectivity index (χ4n) is 2.88. The van der Waals surface area contributed by atoms with Crippen molar-refractivity contribution in [1.82, 2.24) is 4.90 Å². The number of carbonyl (C=O) groups is 1. The third-order valence-electron chi connectivity index (χ3n) is 4.26. The van der Waals surface area contributed by atoms with Gasteiger partial charge in [-0.05, 0) is 26.7 Å². The highest BCUT2D eigenvalue weighted by Crippen LogP contribution is 2.35. The first-order valence-electron chi connectivity index (χ1n) is 6.18. The largest absolute Gasteiger partial charge is 0.300 e. The molecule has 2 bridgehead atoms. The lowest BCUT2D eigenvalue weighted by molar-refractivity contribution is -0.123. The van der Waals surface area contributed by atoms with Crippen molar-refractivity contribution in [2.45, 2.75) is 56.4 Å². The number of fused-ring (bicyclic) bond motifs is 2. The minimum atomic E-state index is -3.06. The molecule has 17 heavy (non-hydrogen) atoms. The number of hydrogen-bond acceptors (Lipinski definition) is 4. The quantitative estimate of drug-likeness (QED) is 0.759. The Balaban J connectivity index is 2.13. The van der Waals surface area contributed by atoms with E-state index < -0.39 is 14.6 Å². The maximum atomic E-state index is 11.7. The van der Waals surface area contributed by atoms with Crippen LogP contribution < -0.4 is 0 Å². The van der Waals surface area contributed by atoms with Crippen molar-refractivity contribution in [3.05, 3.63) is 0 Å². The number of carbonyl (C=O) groups excluding carboxylic acids is 1.